The van der Waals surface area contributed by atoms with Crippen molar-refractivity contribution in [2.24, 2.45) is 5.73 Å². The largest absolute Gasteiger partial charge is 0.352 e. The van der Waals surface area contributed by atoms with Crippen LogP contribution in [0.25, 0.3) is 0 Å². The highest BCUT2D eigenvalue weighted by molar-refractivity contribution is 5.87. The zero-order chi connectivity index (χ0) is 10.6. The number of nitrogens with two attached hydrogens (primary N) is 1. The van der Waals surface area contributed by atoms with E-state index in [0.29, 0.717) is 0 Å². The van der Waals surface area contributed by atoms with Gasteiger partial charge in [0, 0.05) is 6.04 Å². The molecule has 14 heavy (non-hydrogen) atoms. The molecule has 1 aliphatic rings. The van der Waals surface area contributed by atoms with Crippen LogP contribution < -0.4 is 11.1 Å². The van der Waals surface area contributed by atoms with Crippen LogP contribution in [0.2, 0.25) is 0 Å². The molecule has 1 aliphatic carbocycles. The van der Waals surface area contributed by atoms with Crippen LogP contribution in [0.3, 0.4) is 0 Å². The fourth-order valence-corrected chi connectivity index (χ4v) is 1.73. The number of amides is 1. The molecule has 0 spiro atoms. The molecule has 0 radical (unpaired) electrons. The minimum absolute atomic E-state index is 0.0485. The summed E-state index contributed by atoms with van der Waals surface area (Å²) in [4.78, 5) is 11.7. The quantitative estimate of drug-likeness (QED) is 0.704. The van der Waals surface area contributed by atoms with E-state index in [2.05, 4.69) is 19.2 Å². The third kappa shape index (κ3) is 2.71. The monoisotopic (exact) mass is 198 g/mol. The van der Waals surface area contributed by atoms with Gasteiger partial charge in [0.1, 0.15) is 0 Å². The minimum atomic E-state index is -0.541. The lowest BCUT2D eigenvalue weighted by Gasteiger charge is -2.37. The predicted octanol–water partition coefficient (Wildman–Crippen LogP) is 1.56. The topological polar surface area (TPSA) is 55.1 Å². The van der Waals surface area contributed by atoms with Gasteiger partial charge in [-0.25, -0.2) is 0 Å². The second-order valence-corrected chi connectivity index (χ2v) is 4.53. The van der Waals surface area contributed by atoms with E-state index in [1.807, 2.05) is 0 Å². The summed E-state index contributed by atoms with van der Waals surface area (Å²) in [6, 6.07) is 0.267. The second-order valence-electron chi connectivity index (χ2n) is 4.53. The normalized spacial score (nSPS) is 21.1. The molecular formula is C11H22N2O. The lowest BCUT2D eigenvalue weighted by atomic mass is 9.77. The molecule has 1 fully saturated rings. The number of carbonyl (C=O) groups excluding carboxylic acids is 1. The molecule has 1 atom stereocenters. The Labute approximate surface area is 86.4 Å². The lowest BCUT2D eigenvalue weighted by molar-refractivity contribution is -0.129. The van der Waals surface area contributed by atoms with E-state index in [9.17, 15) is 4.79 Å². The summed E-state index contributed by atoms with van der Waals surface area (Å²) in [5.41, 5.74) is 5.37. The Balaban J connectivity index is 2.25. The summed E-state index contributed by atoms with van der Waals surface area (Å²) in [5, 5.41) is 2.99. The first-order valence-electron chi connectivity index (χ1n) is 5.68. The molecule has 3 nitrogen and oxygen atoms in total. The van der Waals surface area contributed by atoms with Crippen LogP contribution in [-0.4, -0.2) is 17.5 Å². The Hall–Kier alpha value is -0.570. The zero-order valence-corrected chi connectivity index (χ0v) is 9.31. The van der Waals surface area contributed by atoms with Crippen molar-refractivity contribution in [2.75, 3.05) is 0 Å². The van der Waals surface area contributed by atoms with Crippen LogP contribution in [-0.2, 0) is 4.79 Å². The van der Waals surface area contributed by atoms with Crippen LogP contribution in [0.5, 0.6) is 0 Å². The van der Waals surface area contributed by atoms with E-state index in [1.54, 1.807) is 0 Å². The van der Waals surface area contributed by atoms with E-state index < -0.39 is 5.54 Å². The van der Waals surface area contributed by atoms with E-state index in [-0.39, 0.29) is 11.9 Å². The molecule has 3 heteroatoms. The van der Waals surface area contributed by atoms with E-state index in [1.165, 1.54) is 12.8 Å². The highest BCUT2D eigenvalue weighted by atomic mass is 16.2. The zero-order valence-electron chi connectivity index (χ0n) is 9.31. The van der Waals surface area contributed by atoms with Crippen LogP contribution in [0.1, 0.15) is 52.4 Å². The summed E-state index contributed by atoms with van der Waals surface area (Å²) >= 11 is 0. The summed E-state index contributed by atoms with van der Waals surface area (Å²) in [6.07, 6.45) is 6.18. The van der Waals surface area contributed by atoms with Crippen molar-refractivity contribution in [3.05, 3.63) is 0 Å². The molecule has 1 rings (SSSR count). The number of rotatable bonds is 5. The van der Waals surface area contributed by atoms with Crippen molar-refractivity contribution < 1.29 is 4.79 Å². The smallest absolute Gasteiger partial charge is 0.240 e. The molecule has 1 unspecified atom stereocenters. The number of unbranched alkanes of at least 4 members (excludes halogenated alkanes) is 1. The van der Waals surface area contributed by atoms with Crippen molar-refractivity contribution in [1.82, 2.24) is 5.32 Å². The Bertz CT molecular complexity index is 199. The summed E-state index contributed by atoms with van der Waals surface area (Å²) in [7, 11) is 0. The maximum Gasteiger partial charge on any atom is 0.240 e. The second kappa shape index (κ2) is 4.78. The van der Waals surface area contributed by atoms with Gasteiger partial charge < -0.3 is 11.1 Å². The Morgan fingerprint density at radius 2 is 2.21 bits per heavy atom. The average Bonchev–Trinajstić information content (AvgIpc) is 2.10. The van der Waals surface area contributed by atoms with Gasteiger partial charge in [0.15, 0.2) is 0 Å². The van der Waals surface area contributed by atoms with Crippen molar-refractivity contribution in [3.8, 4) is 0 Å². The van der Waals surface area contributed by atoms with Crippen LogP contribution in [0, 0.1) is 0 Å². The van der Waals surface area contributed by atoms with Gasteiger partial charge in [-0.3, -0.25) is 4.79 Å². The number of hydrogen-bond acceptors (Lipinski definition) is 2. The van der Waals surface area contributed by atoms with E-state index in [4.69, 9.17) is 5.73 Å². The first-order chi connectivity index (χ1) is 6.58. The first kappa shape index (κ1) is 11.5. The standard InChI is InChI=1S/C11H22N2O/c1-3-4-6-9(2)13-10(14)11(12)7-5-8-11/h9H,3-8,12H2,1-2H3,(H,13,14). The molecule has 0 aromatic heterocycles. The van der Waals surface area contributed by atoms with Crippen LogP contribution in [0.4, 0.5) is 0 Å². The van der Waals surface area contributed by atoms with Gasteiger partial charge in [0.05, 0.1) is 5.54 Å². The molecule has 0 aromatic rings. The average molecular weight is 198 g/mol. The number of carbonyl (C=O) groups is 1. The number of hydrogen-bond donors (Lipinski definition) is 2. The molecule has 3 N–H and O–H groups in total. The highest BCUT2D eigenvalue weighted by Crippen LogP contribution is 2.29. The molecule has 0 bridgehead atoms. The van der Waals surface area contributed by atoms with Crippen molar-refractivity contribution in [1.29, 1.82) is 0 Å². The summed E-state index contributed by atoms with van der Waals surface area (Å²) in [6.45, 7) is 4.21. The van der Waals surface area contributed by atoms with Gasteiger partial charge in [-0.05, 0) is 32.6 Å². The third-order valence-corrected chi connectivity index (χ3v) is 3.07. The molecule has 0 heterocycles. The Morgan fingerprint density at radius 1 is 1.57 bits per heavy atom. The fourth-order valence-electron chi connectivity index (χ4n) is 1.73. The third-order valence-electron chi connectivity index (χ3n) is 3.07. The predicted molar refractivity (Wildman–Crippen MR) is 57.9 cm³/mol. The highest BCUT2D eigenvalue weighted by Gasteiger charge is 2.40. The maximum absolute atomic E-state index is 11.7. The summed E-state index contributed by atoms with van der Waals surface area (Å²) in [5.74, 6) is 0.0485. The Morgan fingerprint density at radius 3 is 2.64 bits per heavy atom. The molecule has 1 saturated carbocycles. The van der Waals surface area contributed by atoms with Crippen LogP contribution >= 0.6 is 0 Å². The molecule has 0 saturated heterocycles. The SMILES string of the molecule is CCCCC(C)NC(=O)C1(N)CCC1. The Kier molecular flexibility index (Phi) is 3.93. The van der Waals surface area contributed by atoms with Gasteiger partial charge >= 0.3 is 0 Å². The van der Waals surface area contributed by atoms with Gasteiger partial charge in [-0.1, -0.05) is 19.8 Å². The van der Waals surface area contributed by atoms with Crippen molar-refractivity contribution >= 4 is 5.91 Å². The van der Waals surface area contributed by atoms with Crippen molar-refractivity contribution in [2.45, 2.75) is 64.0 Å². The lowest BCUT2D eigenvalue weighted by Crippen LogP contribution is -2.59. The maximum atomic E-state index is 11.7. The molecular weight excluding hydrogens is 176 g/mol. The van der Waals surface area contributed by atoms with Gasteiger partial charge in [0.25, 0.3) is 0 Å². The van der Waals surface area contributed by atoms with Crippen molar-refractivity contribution in [3.63, 3.8) is 0 Å². The number of nitrogens with one attached hydrogen (secondary N) is 1. The van der Waals surface area contributed by atoms with Crippen LogP contribution in [0.15, 0.2) is 0 Å². The minimum Gasteiger partial charge on any atom is -0.352 e. The van der Waals surface area contributed by atoms with Gasteiger partial charge in [-0.2, -0.15) is 0 Å². The first-order valence-corrected chi connectivity index (χ1v) is 5.68. The van der Waals surface area contributed by atoms with Gasteiger partial charge in [-0.15, -0.1) is 0 Å². The molecule has 82 valence electrons. The van der Waals surface area contributed by atoms with E-state index >= 15 is 0 Å². The molecule has 0 aliphatic heterocycles. The molecule has 0 aromatic carbocycles. The fraction of sp³-hybridized carbons (Fsp3) is 0.909. The summed E-state index contributed by atoms with van der Waals surface area (Å²) < 4.78 is 0. The molecule has 1 amide bonds. The van der Waals surface area contributed by atoms with E-state index in [0.717, 1.165) is 25.7 Å². The van der Waals surface area contributed by atoms with Gasteiger partial charge in [0.2, 0.25) is 5.91 Å².